The van der Waals surface area contributed by atoms with E-state index in [0.29, 0.717) is 49.9 Å². The van der Waals surface area contributed by atoms with E-state index in [0.717, 1.165) is 123 Å². The fraction of sp³-hybridized carbons (Fsp3) is 0.469. The van der Waals surface area contributed by atoms with E-state index >= 15 is 0 Å². The van der Waals surface area contributed by atoms with Crippen molar-refractivity contribution in [3.63, 3.8) is 0 Å². The quantitative estimate of drug-likeness (QED) is 0.0316. The molecule has 6 aliphatic rings. The van der Waals surface area contributed by atoms with Crippen molar-refractivity contribution in [2.75, 3.05) is 61.8 Å². The van der Waals surface area contributed by atoms with Crippen LogP contribution in [-0.2, 0) is 57.3 Å². The number of unbranched alkanes of at least 4 members (excludes halogenated alkanes) is 3. The van der Waals surface area contributed by atoms with E-state index in [2.05, 4.69) is 60.3 Å². The summed E-state index contributed by atoms with van der Waals surface area (Å²) >= 11 is 0. The number of nitrogens with zero attached hydrogens (tertiary/aromatic N) is 6. The van der Waals surface area contributed by atoms with Crippen LogP contribution in [-0.4, -0.2) is 125 Å². The molecule has 10 N–H and O–H groups in total. The van der Waals surface area contributed by atoms with Gasteiger partial charge < -0.3 is 70.4 Å². The van der Waals surface area contributed by atoms with E-state index < -0.39 is 60.6 Å². The van der Waals surface area contributed by atoms with E-state index in [9.17, 15) is 48.4 Å². The molecule has 11 rings (SSSR count). The molecule has 5 aromatic rings. The van der Waals surface area contributed by atoms with Crippen molar-refractivity contribution in [2.24, 2.45) is 0 Å². The summed E-state index contributed by atoms with van der Waals surface area (Å²) in [6, 6.07) is 9.06. The number of carbonyl (C=O) groups excluding carboxylic acids is 2. The van der Waals surface area contributed by atoms with Crippen molar-refractivity contribution >= 4 is 69.5 Å². The molecule has 416 valence electrons. The maximum absolute atomic E-state index is 14.0. The summed E-state index contributed by atoms with van der Waals surface area (Å²) in [7, 11) is -17.1. The van der Waals surface area contributed by atoms with Crippen molar-refractivity contribution in [3.8, 4) is 11.5 Å². The number of phosphoric acid groups is 3. The zero-order valence-corrected chi connectivity index (χ0v) is 44.7. The number of aliphatic hydroxyl groups is 2. The number of carboxylic acid groups (broad SMARTS) is 1. The number of hydrogen-bond donors (Lipinski definition) is 9. The first-order valence-corrected chi connectivity index (χ1v) is 30.4. The average molecular weight is 1140 g/mol. The van der Waals surface area contributed by atoms with E-state index in [1.807, 2.05) is 0 Å². The number of nitrogen functional groups attached to an aromatic ring is 1. The van der Waals surface area contributed by atoms with Gasteiger partial charge in [-0.05, 0) is 86.8 Å². The van der Waals surface area contributed by atoms with Gasteiger partial charge in [0.1, 0.15) is 49.2 Å². The maximum Gasteiger partial charge on any atom is 0.490 e. The van der Waals surface area contributed by atoms with Gasteiger partial charge in [-0.2, -0.15) is 8.62 Å². The van der Waals surface area contributed by atoms with Crippen LogP contribution in [0.15, 0.2) is 36.7 Å². The number of anilines is 3. The maximum atomic E-state index is 14.0. The van der Waals surface area contributed by atoms with Gasteiger partial charge in [0.15, 0.2) is 23.2 Å². The predicted molar refractivity (Wildman–Crippen MR) is 276 cm³/mol. The Morgan fingerprint density at radius 1 is 0.833 bits per heavy atom. The Hall–Kier alpha value is -5.69. The number of imidazole rings is 1. The molecular formula is C49H58N9O17P3. The minimum Gasteiger partial charge on any atom is -0.545 e. The van der Waals surface area contributed by atoms with Gasteiger partial charge in [0.25, 0.3) is 5.91 Å². The van der Waals surface area contributed by atoms with Gasteiger partial charge in [0.2, 0.25) is 11.3 Å². The molecule has 1 saturated heterocycles. The number of benzene rings is 3. The molecule has 0 aliphatic carbocycles. The molecule has 1 amide bonds. The van der Waals surface area contributed by atoms with Gasteiger partial charge in [-0.25, -0.2) is 33.2 Å². The van der Waals surface area contributed by atoms with Crippen LogP contribution in [0.2, 0.25) is 0 Å². The first-order chi connectivity index (χ1) is 37.3. The van der Waals surface area contributed by atoms with E-state index in [4.69, 9.17) is 25.0 Å². The predicted octanol–water partition coefficient (Wildman–Crippen LogP) is 1.57. The van der Waals surface area contributed by atoms with Gasteiger partial charge in [-0.1, -0.05) is 18.9 Å². The van der Waals surface area contributed by atoms with Crippen LogP contribution in [0.3, 0.4) is 0 Å². The lowest BCUT2D eigenvalue weighted by atomic mass is 9.81. The van der Waals surface area contributed by atoms with Gasteiger partial charge in [0, 0.05) is 83.3 Å². The molecule has 1 fully saturated rings. The Morgan fingerprint density at radius 3 is 2.33 bits per heavy atom. The number of aromatic nitrogens is 4. The summed E-state index contributed by atoms with van der Waals surface area (Å²) in [4.78, 5) is 79.3. The number of aryl methyl sites for hydroxylation is 2. The number of ether oxygens (including phenoxy) is 2. The van der Waals surface area contributed by atoms with Crippen molar-refractivity contribution in [1.82, 2.24) is 29.4 Å². The molecule has 29 heteroatoms. The topological polar surface area (TPSA) is 376 Å². The standard InChI is InChI=1S/C49H58N9O17P3/c50-44-37-45(54-25-53-44)58(47-41(60)40(59)35(72-47)24-71-77(67,68)75-78(69,70)74-76(64,65)66)49(55-37)52-16-4-2-1-3-15-51-46(61)28-13-14-29(48(62)63)32(23-28)36-33-21-26-9-5-17-56-19-7-11-30(38(26)56)42(33)73-43-31-12-8-20-57-18-6-10-27(39(31)57)22-34(36)43/h13-14,21-23,25,35,40-41,47,59-60H,1-12,15-20,24H2,(H8-,50,51,52,53,54,55,61,62,63,64,65,66,67,68,69,70)/t35-,40-,41-,47-/m1/s1. The van der Waals surface area contributed by atoms with Crippen LogP contribution < -0.4 is 46.3 Å². The molecule has 0 saturated carbocycles. The minimum atomic E-state index is -5.83. The molecular weight excluding hydrogens is 1080 g/mol. The van der Waals surface area contributed by atoms with Crippen LogP contribution in [0, 0.1) is 0 Å². The van der Waals surface area contributed by atoms with E-state index in [1.165, 1.54) is 38.9 Å². The summed E-state index contributed by atoms with van der Waals surface area (Å²) in [6.45, 7) is 3.53. The van der Waals surface area contributed by atoms with Crippen molar-refractivity contribution < 1.29 is 80.8 Å². The largest absolute Gasteiger partial charge is 0.545 e. The van der Waals surface area contributed by atoms with Crippen LogP contribution in [0.5, 0.6) is 11.5 Å². The number of aliphatic hydroxyl groups excluding tert-OH is 2. The second kappa shape index (κ2) is 21.4. The monoisotopic (exact) mass is 1140 g/mol. The number of nitrogens with one attached hydrogen (secondary N) is 2. The molecule has 8 heterocycles. The Kier molecular flexibility index (Phi) is 14.9. The molecule has 0 radical (unpaired) electrons. The number of phosphoric ester groups is 1. The number of carboxylic acids is 1. The highest BCUT2D eigenvalue weighted by molar-refractivity contribution is 7.66. The number of carbonyl (C=O) groups is 2. The molecule has 3 aromatic carbocycles. The molecule has 6 atom stereocenters. The Balaban J connectivity index is 0.765. The molecule has 0 bridgehead atoms. The first-order valence-electron chi connectivity index (χ1n) is 25.8. The second-order valence-electron chi connectivity index (χ2n) is 20.2. The smallest absolute Gasteiger partial charge is 0.490 e. The average Bonchev–Trinajstić information content (AvgIpc) is 3.51. The Bertz CT molecular complexity index is 3550. The van der Waals surface area contributed by atoms with Crippen LogP contribution in [0.4, 0.5) is 17.5 Å². The van der Waals surface area contributed by atoms with Gasteiger partial charge in [-0.15, -0.1) is 0 Å². The zero-order valence-electron chi connectivity index (χ0n) is 42.0. The van der Waals surface area contributed by atoms with Crippen LogP contribution >= 0.6 is 23.5 Å². The third-order valence-electron chi connectivity index (χ3n) is 15.0. The number of rotatable bonds is 19. The van der Waals surface area contributed by atoms with Gasteiger partial charge in [0.05, 0.1) is 18.1 Å². The molecule has 6 aliphatic heterocycles. The third kappa shape index (κ3) is 10.6. The lowest BCUT2D eigenvalue weighted by Crippen LogP contribution is -2.45. The normalized spacial score (nSPS) is 21.9. The summed E-state index contributed by atoms with van der Waals surface area (Å²) in [5, 5.41) is 43.3. The Morgan fingerprint density at radius 2 is 1.56 bits per heavy atom. The molecule has 2 unspecified atom stereocenters. The lowest BCUT2D eigenvalue weighted by Gasteiger charge is -2.39. The van der Waals surface area contributed by atoms with Crippen molar-refractivity contribution in [1.29, 1.82) is 0 Å². The summed E-state index contributed by atoms with van der Waals surface area (Å²) in [5.41, 5.74) is 14.6. The van der Waals surface area contributed by atoms with Crippen molar-refractivity contribution in [3.05, 3.63) is 91.7 Å². The summed E-state index contributed by atoms with van der Waals surface area (Å²) in [6.07, 6.45) is 4.58. The highest BCUT2D eigenvalue weighted by Crippen LogP contribution is 2.66. The molecule has 2 aromatic heterocycles. The lowest BCUT2D eigenvalue weighted by molar-refractivity contribution is -0.255. The number of amides is 1. The van der Waals surface area contributed by atoms with Gasteiger partial charge in [-0.3, -0.25) is 13.9 Å². The molecule has 0 spiro atoms. The molecule has 26 nitrogen and oxygen atoms in total. The second-order valence-corrected chi connectivity index (χ2v) is 24.6. The first kappa shape index (κ1) is 54.3. The molecule has 78 heavy (non-hydrogen) atoms. The fourth-order valence-electron chi connectivity index (χ4n) is 11.8. The SMILES string of the molecule is Nc1ncnc2c1nc(NCCCCCCNC(=O)c1ccc(C(=O)[O-])c(C3=c4cc5c6c(c4Oc4c3cc3c7c4CCCN7CCC3)CCC[N+]=6CCC5)c1)n2[C@@H]1O[C@H](COP(=O)(O)OP(=O)(O)OP(=O)(O)O)[C@@H](O)[C@H]1O. The van der Waals surface area contributed by atoms with Crippen LogP contribution in [0.1, 0.15) is 112 Å². The number of nitrogens with two attached hydrogens (primary N) is 1. The Labute approximate surface area is 445 Å². The number of aromatic carboxylic acids is 1. The van der Waals surface area contributed by atoms with E-state index in [1.54, 1.807) is 6.07 Å². The number of fused-ring (bicyclic) bond motifs is 5. The summed E-state index contributed by atoms with van der Waals surface area (Å²) in [5.74, 6) is -0.0961. The fourth-order valence-corrected chi connectivity index (χ4v) is 14.9. The third-order valence-corrected chi connectivity index (χ3v) is 18.8. The zero-order chi connectivity index (χ0) is 54.8. The van der Waals surface area contributed by atoms with E-state index in [-0.39, 0.29) is 34.4 Å². The number of hydrogen-bond acceptors (Lipinski definition) is 19. The highest BCUT2D eigenvalue weighted by atomic mass is 31.3. The van der Waals surface area contributed by atoms with Crippen molar-refractivity contribution in [2.45, 2.75) is 102 Å². The van der Waals surface area contributed by atoms with Crippen LogP contribution in [0.25, 0.3) is 16.7 Å². The van der Waals surface area contributed by atoms with Gasteiger partial charge >= 0.3 is 23.5 Å². The summed E-state index contributed by atoms with van der Waals surface area (Å²) < 4.78 is 63.9. The minimum absolute atomic E-state index is 0.0108. The highest BCUT2D eigenvalue weighted by Gasteiger charge is 2.48.